The summed E-state index contributed by atoms with van der Waals surface area (Å²) in [6.07, 6.45) is 2.00. The molecule has 0 aromatic heterocycles. The molecule has 3 heteroatoms. The molecule has 0 saturated heterocycles. The number of carbonyl (C=O) groups excluding carboxylic acids is 1. The molecular weight excluding hydrogens is 258 g/mol. The van der Waals surface area contributed by atoms with E-state index in [9.17, 15) is 4.79 Å². The van der Waals surface area contributed by atoms with Crippen LogP contribution in [-0.2, 0) is 5.54 Å². The summed E-state index contributed by atoms with van der Waals surface area (Å²) in [5.41, 5.74) is 3.81. The van der Waals surface area contributed by atoms with E-state index in [1.54, 1.807) is 0 Å². The van der Waals surface area contributed by atoms with Gasteiger partial charge in [-0.25, -0.2) is 0 Å². The number of rotatable bonds is 0. The largest absolute Gasteiger partial charge is 0.342 e. The average Bonchev–Trinajstić information content (AvgIpc) is 3.19. The molecule has 0 radical (unpaired) electrons. The molecule has 2 nitrogen and oxygen atoms in total. The van der Waals surface area contributed by atoms with Gasteiger partial charge in [-0.2, -0.15) is 0 Å². The summed E-state index contributed by atoms with van der Waals surface area (Å²) < 4.78 is 0. The minimum Gasteiger partial charge on any atom is -0.342 e. The second-order valence-corrected chi connectivity index (χ2v) is 5.71. The van der Waals surface area contributed by atoms with Gasteiger partial charge in [0, 0.05) is 10.6 Å². The van der Waals surface area contributed by atoms with Gasteiger partial charge in [0.2, 0.25) is 0 Å². The van der Waals surface area contributed by atoms with Gasteiger partial charge in [0.15, 0.2) is 0 Å². The van der Waals surface area contributed by atoms with Crippen molar-refractivity contribution in [2.45, 2.75) is 18.4 Å². The van der Waals surface area contributed by atoms with Gasteiger partial charge < -0.3 is 5.32 Å². The molecule has 0 unspecified atom stereocenters. The maximum atomic E-state index is 12.4. The van der Waals surface area contributed by atoms with E-state index in [2.05, 4.69) is 5.32 Å². The highest BCUT2D eigenvalue weighted by Crippen LogP contribution is 2.51. The summed E-state index contributed by atoms with van der Waals surface area (Å²) in [7, 11) is 0. The molecule has 2 aromatic carbocycles. The average molecular weight is 270 g/mol. The molecular formula is C16H12ClNO. The SMILES string of the molecule is O=C1NC2(CC2)c2ccc(Cl)cc2-c2ccccc21. The van der Waals surface area contributed by atoms with E-state index in [-0.39, 0.29) is 11.4 Å². The van der Waals surface area contributed by atoms with Crippen LogP contribution in [0.15, 0.2) is 42.5 Å². The Morgan fingerprint density at radius 1 is 1.00 bits per heavy atom. The summed E-state index contributed by atoms with van der Waals surface area (Å²) in [6.45, 7) is 0. The Balaban J connectivity index is 2.08. The Hall–Kier alpha value is -1.80. The van der Waals surface area contributed by atoms with Crippen LogP contribution < -0.4 is 5.32 Å². The lowest BCUT2D eigenvalue weighted by Crippen LogP contribution is -2.33. The Bertz CT molecular complexity index is 704. The third kappa shape index (κ3) is 1.53. The first kappa shape index (κ1) is 11.1. The Labute approximate surface area is 116 Å². The van der Waals surface area contributed by atoms with Gasteiger partial charge in [-0.15, -0.1) is 0 Å². The van der Waals surface area contributed by atoms with E-state index in [4.69, 9.17) is 11.6 Å². The molecule has 1 fully saturated rings. The van der Waals surface area contributed by atoms with Crippen molar-refractivity contribution in [3.8, 4) is 11.1 Å². The number of fused-ring (bicyclic) bond motifs is 4. The van der Waals surface area contributed by atoms with Gasteiger partial charge in [-0.05, 0) is 47.7 Å². The van der Waals surface area contributed by atoms with Gasteiger partial charge in [0.25, 0.3) is 5.91 Å². The number of benzene rings is 2. The number of carbonyl (C=O) groups is 1. The summed E-state index contributed by atoms with van der Waals surface area (Å²) in [5.74, 6) is 0.0143. The van der Waals surface area contributed by atoms with Crippen LogP contribution in [0.4, 0.5) is 0 Å². The number of hydrogen-bond acceptors (Lipinski definition) is 1. The molecule has 1 aliphatic carbocycles. The molecule has 0 atom stereocenters. The van der Waals surface area contributed by atoms with Crippen LogP contribution >= 0.6 is 11.6 Å². The number of nitrogens with one attached hydrogen (secondary N) is 1. The van der Waals surface area contributed by atoms with Crippen molar-refractivity contribution in [1.82, 2.24) is 5.32 Å². The highest BCUT2D eigenvalue weighted by atomic mass is 35.5. The molecule has 1 spiro atoms. The van der Waals surface area contributed by atoms with Gasteiger partial charge in [-0.1, -0.05) is 35.9 Å². The summed E-state index contributed by atoms with van der Waals surface area (Å²) in [4.78, 5) is 12.4. The molecule has 2 aliphatic rings. The fourth-order valence-corrected chi connectivity index (χ4v) is 3.12. The maximum absolute atomic E-state index is 12.4. The lowest BCUT2D eigenvalue weighted by Gasteiger charge is -2.17. The van der Waals surface area contributed by atoms with Crippen LogP contribution in [0.5, 0.6) is 0 Å². The topological polar surface area (TPSA) is 29.1 Å². The highest BCUT2D eigenvalue weighted by Gasteiger charge is 2.48. The minimum atomic E-state index is -0.171. The lowest BCUT2D eigenvalue weighted by molar-refractivity contribution is 0.0933. The molecule has 2 aromatic rings. The fourth-order valence-electron chi connectivity index (χ4n) is 2.94. The monoisotopic (exact) mass is 269 g/mol. The van der Waals surface area contributed by atoms with E-state index >= 15 is 0 Å². The first-order chi connectivity index (χ1) is 9.20. The van der Waals surface area contributed by atoms with Crippen LogP contribution in [0.2, 0.25) is 5.02 Å². The van der Waals surface area contributed by atoms with Crippen LogP contribution in [0.1, 0.15) is 28.8 Å². The van der Waals surface area contributed by atoms with Gasteiger partial charge in [0.1, 0.15) is 0 Å². The predicted octanol–water partition coefficient (Wildman–Crippen LogP) is 3.74. The summed E-state index contributed by atoms with van der Waals surface area (Å²) >= 11 is 6.14. The Morgan fingerprint density at radius 3 is 2.47 bits per heavy atom. The van der Waals surface area contributed by atoms with Crippen LogP contribution in [0, 0.1) is 0 Å². The van der Waals surface area contributed by atoms with E-state index in [0.29, 0.717) is 5.02 Å². The Kier molecular flexibility index (Phi) is 2.10. The van der Waals surface area contributed by atoms with Gasteiger partial charge >= 0.3 is 0 Å². The summed E-state index contributed by atoms with van der Waals surface area (Å²) in [6, 6.07) is 13.6. The zero-order valence-electron chi connectivity index (χ0n) is 10.2. The normalized spacial score (nSPS) is 18.3. The van der Waals surface area contributed by atoms with Crippen LogP contribution in [0.3, 0.4) is 0 Å². The van der Waals surface area contributed by atoms with E-state index < -0.39 is 0 Å². The van der Waals surface area contributed by atoms with Crippen molar-refractivity contribution in [3.63, 3.8) is 0 Å². The molecule has 1 N–H and O–H groups in total. The van der Waals surface area contributed by atoms with Crippen molar-refractivity contribution >= 4 is 17.5 Å². The third-order valence-electron chi connectivity index (χ3n) is 4.06. The van der Waals surface area contributed by atoms with Gasteiger partial charge in [0.05, 0.1) is 5.54 Å². The van der Waals surface area contributed by atoms with Crippen molar-refractivity contribution in [1.29, 1.82) is 0 Å². The van der Waals surface area contributed by atoms with Crippen LogP contribution in [-0.4, -0.2) is 5.91 Å². The number of amides is 1. The van der Waals surface area contributed by atoms with Crippen molar-refractivity contribution < 1.29 is 4.79 Å². The fraction of sp³-hybridized carbons (Fsp3) is 0.188. The zero-order chi connectivity index (χ0) is 13.0. The van der Waals surface area contributed by atoms with Crippen molar-refractivity contribution in [3.05, 3.63) is 58.6 Å². The molecule has 1 heterocycles. The highest BCUT2D eigenvalue weighted by molar-refractivity contribution is 6.31. The number of hydrogen-bond donors (Lipinski definition) is 1. The smallest absolute Gasteiger partial charge is 0.252 e. The molecule has 0 bridgehead atoms. The molecule has 19 heavy (non-hydrogen) atoms. The number of halogens is 1. The van der Waals surface area contributed by atoms with E-state index in [1.807, 2.05) is 42.5 Å². The van der Waals surface area contributed by atoms with E-state index in [1.165, 1.54) is 5.56 Å². The quantitative estimate of drug-likeness (QED) is 0.776. The molecule has 94 valence electrons. The molecule has 1 aliphatic heterocycles. The zero-order valence-corrected chi connectivity index (χ0v) is 11.0. The molecule has 1 saturated carbocycles. The second-order valence-electron chi connectivity index (χ2n) is 5.27. The lowest BCUT2D eigenvalue weighted by atomic mass is 9.93. The molecule has 1 amide bonds. The standard InChI is InChI=1S/C16H12ClNO/c17-10-5-6-14-13(9-10)11-3-1-2-4-12(11)15(19)18-16(14)7-8-16/h1-6,9H,7-8H2,(H,18,19). The minimum absolute atomic E-state index is 0.0143. The van der Waals surface area contributed by atoms with E-state index in [0.717, 1.165) is 29.5 Å². The third-order valence-corrected chi connectivity index (χ3v) is 4.30. The Morgan fingerprint density at radius 2 is 1.74 bits per heavy atom. The molecule has 4 rings (SSSR count). The first-order valence-corrected chi connectivity index (χ1v) is 6.79. The summed E-state index contributed by atoms with van der Waals surface area (Å²) in [5, 5.41) is 3.89. The second kappa shape index (κ2) is 3.61. The van der Waals surface area contributed by atoms with Gasteiger partial charge in [-0.3, -0.25) is 4.79 Å². The predicted molar refractivity (Wildman–Crippen MR) is 75.3 cm³/mol. The van der Waals surface area contributed by atoms with Crippen molar-refractivity contribution in [2.75, 3.05) is 0 Å². The van der Waals surface area contributed by atoms with Crippen molar-refractivity contribution in [2.24, 2.45) is 0 Å². The van der Waals surface area contributed by atoms with Crippen LogP contribution in [0.25, 0.3) is 11.1 Å². The first-order valence-electron chi connectivity index (χ1n) is 6.42. The maximum Gasteiger partial charge on any atom is 0.252 e.